The van der Waals surface area contributed by atoms with Crippen LogP contribution >= 0.6 is 12.2 Å². The molecule has 1 N–H and O–H groups in total. The third-order valence-corrected chi connectivity index (χ3v) is 3.08. The Labute approximate surface area is 124 Å². The van der Waals surface area contributed by atoms with Crippen LogP contribution in [-0.2, 0) is 6.54 Å². The summed E-state index contributed by atoms with van der Waals surface area (Å²) >= 11 is 5.21. The lowest BCUT2D eigenvalue weighted by molar-refractivity contribution is 0.271. The molecule has 0 fully saturated rings. The van der Waals surface area contributed by atoms with Gasteiger partial charge in [0.2, 0.25) is 0 Å². The average Bonchev–Trinajstić information content (AvgIpc) is 2.79. The van der Waals surface area contributed by atoms with Gasteiger partial charge in [0, 0.05) is 12.1 Å². The molecule has 0 unspecified atom stereocenters. The largest absolute Gasteiger partial charge is 0.493 e. The molecule has 0 aliphatic carbocycles. The third-order valence-electron chi connectivity index (χ3n) is 2.77. The number of ether oxygens (including phenoxy) is 1. The average molecular weight is 289 g/mol. The van der Waals surface area contributed by atoms with E-state index in [1.807, 2.05) is 28.8 Å². The van der Waals surface area contributed by atoms with Crippen LogP contribution in [0.15, 0.2) is 36.9 Å². The Hall–Kier alpha value is -1.88. The van der Waals surface area contributed by atoms with Gasteiger partial charge in [0.05, 0.1) is 6.61 Å². The first-order chi connectivity index (χ1) is 9.61. The number of hydrogen-bond acceptors (Lipinski definition) is 3. The Balaban J connectivity index is 2.21. The number of allylic oxidation sites excluding steroid dienone is 1. The second-order valence-corrected chi connectivity index (χ2v) is 5.37. The molecule has 2 aromatic rings. The number of nitrogens with one attached hydrogen (secondary N) is 1. The minimum atomic E-state index is 0.513. The van der Waals surface area contributed by atoms with E-state index in [0.29, 0.717) is 23.8 Å². The van der Waals surface area contributed by atoms with Crippen LogP contribution in [0.4, 0.5) is 0 Å². The van der Waals surface area contributed by atoms with Crippen LogP contribution in [0.2, 0.25) is 0 Å². The SMILES string of the molecule is C=CCn1c(-c2ccc(OCC(C)C)cc2)n[nH]c1=S. The van der Waals surface area contributed by atoms with Gasteiger partial charge in [0.1, 0.15) is 5.75 Å². The molecule has 0 bridgehead atoms. The highest BCUT2D eigenvalue weighted by Gasteiger charge is 2.08. The first-order valence-corrected chi connectivity index (χ1v) is 7.02. The van der Waals surface area contributed by atoms with Crippen LogP contribution in [0.3, 0.4) is 0 Å². The van der Waals surface area contributed by atoms with Crippen LogP contribution in [0.25, 0.3) is 11.4 Å². The molecule has 1 aromatic heterocycles. The van der Waals surface area contributed by atoms with Gasteiger partial charge in [-0.2, -0.15) is 5.10 Å². The number of hydrogen-bond donors (Lipinski definition) is 1. The van der Waals surface area contributed by atoms with E-state index < -0.39 is 0 Å². The highest BCUT2D eigenvalue weighted by molar-refractivity contribution is 7.71. The summed E-state index contributed by atoms with van der Waals surface area (Å²) in [6.07, 6.45) is 1.80. The maximum Gasteiger partial charge on any atom is 0.195 e. The van der Waals surface area contributed by atoms with Crippen molar-refractivity contribution in [2.45, 2.75) is 20.4 Å². The lowest BCUT2D eigenvalue weighted by atomic mass is 10.2. The molecule has 0 saturated carbocycles. The van der Waals surface area contributed by atoms with Crippen molar-refractivity contribution < 1.29 is 4.74 Å². The molecule has 106 valence electrons. The number of rotatable bonds is 6. The van der Waals surface area contributed by atoms with Gasteiger partial charge in [-0.05, 0) is 42.4 Å². The molecule has 5 heteroatoms. The Kier molecular flexibility index (Phi) is 4.74. The number of H-pyrrole nitrogens is 1. The molecule has 0 spiro atoms. The number of aromatic nitrogens is 3. The monoisotopic (exact) mass is 289 g/mol. The Morgan fingerprint density at radius 2 is 2.10 bits per heavy atom. The van der Waals surface area contributed by atoms with Crippen molar-refractivity contribution in [3.63, 3.8) is 0 Å². The van der Waals surface area contributed by atoms with E-state index in [-0.39, 0.29) is 0 Å². The molecule has 0 aliphatic rings. The van der Waals surface area contributed by atoms with Crippen molar-refractivity contribution in [2.75, 3.05) is 6.61 Å². The van der Waals surface area contributed by atoms with Gasteiger partial charge in [-0.3, -0.25) is 9.67 Å². The summed E-state index contributed by atoms with van der Waals surface area (Å²) in [6.45, 7) is 9.34. The predicted molar refractivity (Wildman–Crippen MR) is 83.4 cm³/mol. The first-order valence-electron chi connectivity index (χ1n) is 6.61. The maximum absolute atomic E-state index is 5.67. The number of benzene rings is 1. The molecule has 0 saturated heterocycles. The third kappa shape index (κ3) is 3.36. The van der Waals surface area contributed by atoms with E-state index in [2.05, 4.69) is 30.6 Å². The molecule has 2 rings (SSSR count). The van der Waals surface area contributed by atoms with Gasteiger partial charge in [-0.25, -0.2) is 0 Å². The summed E-state index contributed by atoms with van der Waals surface area (Å²) in [5.41, 5.74) is 0.996. The molecule has 0 radical (unpaired) electrons. The fraction of sp³-hybridized carbons (Fsp3) is 0.333. The van der Waals surface area contributed by atoms with E-state index in [1.165, 1.54) is 0 Å². The molecule has 0 atom stereocenters. The van der Waals surface area contributed by atoms with Crippen molar-refractivity contribution in [1.82, 2.24) is 14.8 Å². The molecule has 1 aromatic carbocycles. The fourth-order valence-electron chi connectivity index (χ4n) is 1.80. The number of nitrogens with zero attached hydrogens (tertiary/aromatic N) is 2. The second kappa shape index (κ2) is 6.52. The van der Waals surface area contributed by atoms with E-state index in [0.717, 1.165) is 17.1 Å². The zero-order chi connectivity index (χ0) is 14.5. The number of aromatic amines is 1. The summed E-state index contributed by atoms with van der Waals surface area (Å²) in [4.78, 5) is 0. The lowest BCUT2D eigenvalue weighted by Gasteiger charge is -2.09. The molecule has 1 heterocycles. The zero-order valence-corrected chi connectivity index (χ0v) is 12.6. The van der Waals surface area contributed by atoms with Crippen molar-refractivity contribution >= 4 is 12.2 Å². The van der Waals surface area contributed by atoms with Crippen LogP contribution < -0.4 is 4.74 Å². The van der Waals surface area contributed by atoms with Gasteiger partial charge in [0.15, 0.2) is 10.6 Å². The summed E-state index contributed by atoms with van der Waals surface area (Å²) in [5, 5.41) is 7.08. The Bertz CT molecular complexity index is 625. The highest BCUT2D eigenvalue weighted by atomic mass is 32.1. The van der Waals surface area contributed by atoms with E-state index in [9.17, 15) is 0 Å². The first kappa shape index (κ1) is 14.5. The maximum atomic E-state index is 5.67. The van der Waals surface area contributed by atoms with Crippen LogP contribution in [-0.4, -0.2) is 21.4 Å². The van der Waals surface area contributed by atoms with Gasteiger partial charge in [-0.15, -0.1) is 6.58 Å². The van der Waals surface area contributed by atoms with Crippen LogP contribution in [0.1, 0.15) is 13.8 Å². The Morgan fingerprint density at radius 1 is 1.40 bits per heavy atom. The summed E-state index contributed by atoms with van der Waals surface area (Å²) in [5.74, 6) is 2.19. The van der Waals surface area contributed by atoms with E-state index in [4.69, 9.17) is 17.0 Å². The van der Waals surface area contributed by atoms with Gasteiger partial charge in [0.25, 0.3) is 0 Å². The minimum absolute atomic E-state index is 0.513. The standard InChI is InChI=1S/C15H19N3OS/c1-4-9-18-14(16-17-15(18)20)12-5-7-13(8-6-12)19-10-11(2)3/h4-8,11H,1,9-10H2,2-3H3,(H,17,20). The molecule has 20 heavy (non-hydrogen) atoms. The van der Waals surface area contributed by atoms with Crippen LogP contribution in [0.5, 0.6) is 5.75 Å². The van der Waals surface area contributed by atoms with Crippen molar-refractivity contribution in [1.29, 1.82) is 0 Å². The van der Waals surface area contributed by atoms with Crippen molar-refractivity contribution in [2.24, 2.45) is 5.92 Å². The lowest BCUT2D eigenvalue weighted by Crippen LogP contribution is -2.04. The normalized spacial score (nSPS) is 10.8. The quantitative estimate of drug-likeness (QED) is 0.649. The van der Waals surface area contributed by atoms with E-state index in [1.54, 1.807) is 6.08 Å². The van der Waals surface area contributed by atoms with E-state index >= 15 is 0 Å². The zero-order valence-electron chi connectivity index (χ0n) is 11.8. The molecule has 0 aliphatic heterocycles. The molecular weight excluding hydrogens is 270 g/mol. The topological polar surface area (TPSA) is 42.8 Å². The van der Waals surface area contributed by atoms with Gasteiger partial charge < -0.3 is 4.74 Å². The van der Waals surface area contributed by atoms with Crippen LogP contribution in [0, 0.1) is 10.7 Å². The van der Waals surface area contributed by atoms with Gasteiger partial charge in [-0.1, -0.05) is 19.9 Å². The highest BCUT2D eigenvalue weighted by Crippen LogP contribution is 2.21. The summed E-state index contributed by atoms with van der Waals surface area (Å²) < 4.78 is 8.18. The smallest absolute Gasteiger partial charge is 0.195 e. The molecular formula is C15H19N3OS. The second-order valence-electron chi connectivity index (χ2n) is 4.98. The summed E-state index contributed by atoms with van der Waals surface area (Å²) in [7, 11) is 0. The Morgan fingerprint density at radius 3 is 2.70 bits per heavy atom. The van der Waals surface area contributed by atoms with Gasteiger partial charge >= 0.3 is 0 Å². The predicted octanol–water partition coefficient (Wildman–Crippen LogP) is 3.83. The fourth-order valence-corrected chi connectivity index (χ4v) is 2.01. The van der Waals surface area contributed by atoms with Crippen molar-refractivity contribution in [3.8, 4) is 17.1 Å². The molecule has 4 nitrogen and oxygen atoms in total. The minimum Gasteiger partial charge on any atom is -0.493 e. The molecule has 0 amide bonds. The van der Waals surface area contributed by atoms with Crippen molar-refractivity contribution in [3.05, 3.63) is 41.7 Å². The summed E-state index contributed by atoms with van der Waals surface area (Å²) in [6, 6.07) is 7.88.